The zero-order valence-electron chi connectivity index (χ0n) is 8.98. The molecule has 1 rings (SSSR count). The summed E-state index contributed by atoms with van der Waals surface area (Å²) in [6.07, 6.45) is 5.04. The topological polar surface area (TPSA) is 26.0 Å². The van der Waals surface area contributed by atoms with Gasteiger partial charge in [-0.25, -0.2) is 0 Å². The van der Waals surface area contributed by atoms with Crippen LogP contribution >= 0.6 is 0 Å². The summed E-state index contributed by atoms with van der Waals surface area (Å²) in [4.78, 5) is 0. The van der Waals surface area contributed by atoms with E-state index in [-0.39, 0.29) is 5.54 Å². The van der Waals surface area contributed by atoms with Crippen molar-refractivity contribution in [3.8, 4) is 0 Å². The van der Waals surface area contributed by atoms with Gasteiger partial charge in [-0.05, 0) is 37.5 Å². The zero-order valence-corrected chi connectivity index (χ0v) is 8.98. The number of nitrogens with two attached hydrogens (primary N) is 1. The summed E-state index contributed by atoms with van der Waals surface area (Å²) in [5.41, 5.74) is 6.77. The zero-order chi connectivity index (χ0) is 9.41. The van der Waals surface area contributed by atoms with E-state index >= 15 is 0 Å². The molecule has 1 aliphatic rings. The van der Waals surface area contributed by atoms with Crippen molar-refractivity contribution in [1.29, 1.82) is 0 Å². The maximum atomic E-state index is 6.22. The first-order chi connectivity index (χ1) is 5.35. The van der Waals surface area contributed by atoms with Gasteiger partial charge in [-0.15, -0.1) is 0 Å². The molecule has 1 saturated carbocycles. The van der Waals surface area contributed by atoms with Gasteiger partial charge in [0.2, 0.25) is 0 Å². The predicted octanol–water partition coefficient (Wildman–Crippen LogP) is 2.94. The number of hydrogen-bond donors (Lipinski definition) is 1. The summed E-state index contributed by atoms with van der Waals surface area (Å²) in [5.74, 6) is 0.851. The SMILES string of the molecule is CCC1CC(C)(C)CC(C)(N)C1. The van der Waals surface area contributed by atoms with Gasteiger partial charge in [0.25, 0.3) is 0 Å². The van der Waals surface area contributed by atoms with Gasteiger partial charge in [-0.3, -0.25) is 0 Å². The van der Waals surface area contributed by atoms with Gasteiger partial charge in [0.1, 0.15) is 0 Å². The Morgan fingerprint density at radius 2 is 1.83 bits per heavy atom. The maximum Gasteiger partial charge on any atom is 0.0133 e. The van der Waals surface area contributed by atoms with Crippen LogP contribution < -0.4 is 5.73 Å². The van der Waals surface area contributed by atoms with Crippen molar-refractivity contribution in [3.05, 3.63) is 0 Å². The minimum atomic E-state index is 0.0857. The number of hydrogen-bond acceptors (Lipinski definition) is 1. The highest BCUT2D eigenvalue weighted by molar-refractivity contribution is 4.94. The van der Waals surface area contributed by atoms with Crippen LogP contribution in [-0.2, 0) is 0 Å². The predicted molar refractivity (Wildman–Crippen MR) is 54.0 cm³/mol. The lowest BCUT2D eigenvalue weighted by Gasteiger charge is -2.44. The monoisotopic (exact) mass is 169 g/mol. The minimum Gasteiger partial charge on any atom is -0.325 e. The fourth-order valence-electron chi connectivity index (χ4n) is 3.04. The van der Waals surface area contributed by atoms with Crippen LogP contribution in [0.25, 0.3) is 0 Å². The highest BCUT2D eigenvalue weighted by Gasteiger charge is 2.37. The molecular weight excluding hydrogens is 146 g/mol. The van der Waals surface area contributed by atoms with Crippen molar-refractivity contribution in [2.75, 3.05) is 0 Å². The van der Waals surface area contributed by atoms with E-state index in [0.29, 0.717) is 5.41 Å². The van der Waals surface area contributed by atoms with Gasteiger partial charge in [-0.1, -0.05) is 27.2 Å². The van der Waals surface area contributed by atoms with E-state index in [4.69, 9.17) is 5.73 Å². The molecule has 12 heavy (non-hydrogen) atoms. The van der Waals surface area contributed by atoms with Crippen LogP contribution in [-0.4, -0.2) is 5.54 Å². The molecule has 1 heteroatoms. The molecule has 1 fully saturated rings. The van der Waals surface area contributed by atoms with Crippen LogP contribution in [0.4, 0.5) is 0 Å². The van der Waals surface area contributed by atoms with E-state index in [0.717, 1.165) is 5.92 Å². The molecule has 2 atom stereocenters. The van der Waals surface area contributed by atoms with E-state index in [9.17, 15) is 0 Å². The van der Waals surface area contributed by atoms with Gasteiger partial charge < -0.3 is 5.73 Å². The van der Waals surface area contributed by atoms with E-state index < -0.39 is 0 Å². The lowest BCUT2D eigenvalue weighted by molar-refractivity contribution is 0.108. The molecule has 0 aliphatic heterocycles. The molecule has 0 bridgehead atoms. The van der Waals surface area contributed by atoms with Crippen molar-refractivity contribution in [2.24, 2.45) is 17.1 Å². The molecule has 1 aliphatic carbocycles. The molecule has 0 aromatic heterocycles. The summed E-state index contributed by atoms with van der Waals surface area (Å²) in [5, 5.41) is 0. The van der Waals surface area contributed by atoms with Crippen LogP contribution in [0.1, 0.15) is 53.4 Å². The Morgan fingerprint density at radius 1 is 1.25 bits per heavy atom. The van der Waals surface area contributed by atoms with Crippen molar-refractivity contribution in [3.63, 3.8) is 0 Å². The molecule has 0 aromatic carbocycles. The van der Waals surface area contributed by atoms with Gasteiger partial charge in [-0.2, -0.15) is 0 Å². The van der Waals surface area contributed by atoms with Crippen molar-refractivity contribution in [2.45, 2.75) is 58.9 Å². The molecule has 0 aromatic rings. The summed E-state index contributed by atoms with van der Waals surface area (Å²) < 4.78 is 0. The molecule has 0 spiro atoms. The Labute approximate surface area is 76.7 Å². The van der Waals surface area contributed by atoms with Gasteiger partial charge in [0.05, 0.1) is 0 Å². The molecule has 0 saturated heterocycles. The van der Waals surface area contributed by atoms with Crippen LogP contribution in [0.15, 0.2) is 0 Å². The van der Waals surface area contributed by atoms with E-state index in [1.807, 2.05) is 0 Å². The Morgan fingerprint density at radius 3 is 2.25 bits per heavy atom. The third-order valence-corrected chi connectivity index (χ3v) is 3.06. The number of rotatable bonds is 1. The molecule has 0 amide bonds. The molecule has 1 nitrogen and oxygen atoms in total. The summed E-state index contributed by atoms with van der Waals surface area (Å²) in [6, 6.07) is 0. The summed E-state index contributed by atoms with van der Waals surface area (Å²) >= 11 is 0. The van der Waals surface area contributed by atoms with Crippen LogP contribution in [0, 0.1) is 11.3 Å². The van der Waals surface area contributed by atoms with Crippen molar-refractivity contribution < 1.29 is 0 Å². The first-order valence-corrected chi connectivity index (χ1v) is 5.13. The smallest absolute Gasteiger partial charge is 0.0133 e. The third-order valence-electron chi connectivity index (χ3n) is 3.06. The standard InChI is InChI=1S/C11H23N/c1-5-9-6-10(2,3)8-11(4,12)7-9/h9H,5-8,12H2,1-4H3. The summed E-state index contributed by atoms with van der Waals surface area (Å²) in [6.45, 7) is 9.18. The van der Waals surface area contributed by atoms with Gasteiger partial charge in [0.15, 0.2) is 0 Å². The minimum absolute atomic E-state index is 0.0857. The van der Waals surface area contributed by atoms with E-state index in [1.54, 1.807) is 0 Å². The molecule has 2 unspecified atom stereocenters. The molecule has 72 valence electrons. The van der Waals surface area contributed by atoms with Gasteiger partial charge in [0, 0.05) is 5.54 Å². The fourth-order valence-corrected chi connectivity index (χ4v) is 3.04. The van der Waals surface area contributed by atoms with Crippen LogP contribution in [0.5, 0.6) is 0 Å². The van der Waals surface area contributed by atoms with E-state index in [1.165, 1.54) is 25.7 Å². The average Bonchev–Trinajstić information content (AvgIpc) is 1.80. The first-order valence-electron chi connectivity index (χ1n) is 5.13. The Kier molecular flexibility index (Phi) is 2.53. The lowest BCUT2D eigenvalue weighted by Crippen LogP contribution is -2.47. The fraction of sp³-hybridized carbons (Fsp3) is 1.00. The molecule has 2 N–H and O–H groups in total. The largest absolute Gasteiger partial charge is 0.325 e. The summed E-state index contributed by atoms with van der Waals surface area (Å²) in [7, 11) is 0. The first kappa shape index (κ1) is 10.0. The Balaban J connectivity index is 2.66. The van der Waals surface area contributed by atoms with Crippen LogP contribution in [0.3, 0.4) is 0 Å². The van der Waals surface area contributed by atoms with Gasteiger partial charge >= 0.3 is 0 Å². The second-order valence-electron chi connectivity index (χ2n) is 5.68. The highest BCUT2D eigenvalue weighted by atomic mass is 14.7. The van der Waals surface area contributed by atoms with Crippen LogP contribution in [0.2, 0.25) is 0 Å². The van der Waals surface area contributed by atoms with E-state index in [2.05, 4.69) is 27.7 Å². The average molecular weight is 169 g/mol. The Bertz CT molecular complexity index is 142. The maximum absolute atomic E-state index is 6.22. The Hall–Kier alpha value is -0.0400. The highest BCUT2D eigenvalue weighted by Crippen LogP contribution is 2.43. The normalized spacial score (nSPS) is 41.2. The molecular formula is C11H23N. The third kappa shape index (κ3) is 2.48. The molecule has 0 heterocycles. The second-order valence-corrected chi connectivity index (χ2v) is 5.68. The lowest BCUT2D eigenvalue weighted by atomic mass is 9.64. The van der Waals surface area contributed by atoms with Crippen molar-refractivity contribution >= 4 is 0 Å². The molecule has 0 radical (unpaired) electrons. The quantitative estimate of drug-likeness (QED) is 0.641. The van der Waals surface area contributed by atoms with Crippen molar-refractivity contribution in [1.82, 2.24) is 0 Å². The second kappa shape index (κ2) is 3.02.